The Hall–Kier alpha value is -1.81. The van der Waals surface area contributed by atoms with Gasteiger partial charge in [0.25, 0.3) is 0 Å². The lowest BCUT2D eigenvalue weighted by Crippen LogP contribution is -2.05. The van der Waals surface area contributed by atoms with Gasteiger partial charge >= 0.3 is 0 Å². The first-order valence-corrected chi connectivity index (χ1v) is 5.38. The van der Waals surface area contributed by atoms with Gasteiger partial charge in [-0.05, 0) is 48.4 Å². The van der Waals surface area contributed by atoms with Crippen molar-refractivity contribution in [2.24, 2.45) is 0 Å². The number of halogens is 3. The van der Waals surface area contributed by atoms with Gasteiger partial charge in [0.05, 0.1) is 0 Å². The maximum absolute atomic E-state index is 13.5. The van der Waals surface area contributed by atoms with E-state index in [2.05, 4.69) is 0 Å². The summed E-state index contributed by atoms with van der Waals surface area (Å²) >= 11 is 0. The molecule has 0 aliphatic rings. The van der Waals surface area contributed by atoms with E-state index in [1.54, 1.807) is 6.92 Å². The summed E-state index contributed by atoms with van der Waals surface area (Å²) in [5.41, 5.74) is 0.664. The quantitative estimate of drug-likeness (QED) is 0.867. The van der Waals surface area contributed by atoms with E-state index in [0.717, 1.165) is 18.2 Å². The Labute approximate surface area is 103 Å². The van der Waals surface area contributed by atoms with Crippen LogP contribution in [0.1, 0.15) is 22.8 Å². The van der Waals surface area contributed by atoms with Crippen molar-refractivity contribution in [1.82, 2.24) is 0 Å². The molecule has 2 rings (SSSR count). The van der Waals surface area contributed by atoms with Gasteiger partial charge in [-0.25, -0.2) is 13.2 Å². The first-order valence-electron chi connectivity index (χ1n) is 5.38. The molecule has 0 fully saturated rings. The molecule has 0 saturated carbocycles. The van der Waals surface area contributed by atoms with E-state index in [1.807, 2.05) is 0 Å². The molecule has 0 amide bonds. The van der Waals surface area contributed by atoms with Crippen LogP contribution in [0.5, 0.6) is 0 Å². The van der Waals surface area contributed by atoms with Gasteiger partial charge < -0.3 is 5.11 Å². The number of benzene rings is 2. The summed E-state index contributed by atoms with van der Waals surface area (Å²) in [5.74, 6) is -1.78. The zero-order valence-corrected chi connectivity index (χ0v) is 9.62. The maximum Gasteiger partial charge on any atom is 0.129 e. The Morgan fingerprint density at radius 1 is 0.889 bits per heavy atom. The Balaban J connectivity index is 2.47. The Bertz CT molecular complexity index is 581. The second-order valence-corrected chi connectivity index (χ2v) is 4.07. The number of rotatable bonds is 2. The minimum Gasteiger partial charge on any atom is -0.384 e. The molecule has 4 heteroatoms. The molecule has 2 aromatic rings. The Kier molecular flexibility index (Phi) is 3.39. The molecule has 94 valence electrons. The van der Waals surface area contributed by atoms with Gasteiger partial charge in [0, 0.05) is 5.56 Å². The normalized spacial score (nSPS) is 12.5. The van der Waals surface area contributed by atoms with Crippen molar-refractivity contribution >= 4 is 0 Å². The number of aryl methyl sites for hydroxylation is 1. The van der Waals surface area contributed by atoms with E-state index < -0.39 is 23.6 Å². The molecule has 1 atom stereocenters. The second-order valence-electron chi connectivity index (χ2n) is 4.07. The van der Waals surface area contributed by atoms with E-state index in [1.165, 1.54) is 18.2 Å². The van der Waals surface area contributed by atoms with Gasteiger partial charge in [0.1, 0.15) is 23.6 Å². The van der Waals surface area contributed by atoms with E-state index in [-0.39, 0.29) is 5.56 Å². The number of hydrogen-bond donors (Lipinski definition) is 1. The maximum atomic E-state index is 13.5. The first-order chi connectivity index (χ1) is 8.49. The van der Waals surface area contributed by atoms with Gasteiger partial charge in [0.2, 0.25) is 0 Å². The molecule has 0 saturated heterocycles. The average molecular weight is 252 g/mol. The van der Waals surface area contributed by atoms with Crippen LogP contribution in [-0.4, -0.2) is 5.11 Å². The Morgan fingerprint density at radius 3 is 2.17 bits per heavy atom. The molecule has 18 heavy (non-hydrogen) atoms. The van der Waals surface area contributed by atoms with Gasteiger partial charge in [-0.1, -0.05) is 6.07 Å². The highest BCUT2D eigenvalue weighted by Crippen LogP contribution is 2.27. The standard InChI is InChI=1S/C14H11F3O/c1-8-6-9(15)2-4-11(8)14(18)12-7-10(16)3-5-13(12)17/h2-7,14,18H,1H3. The molecular formula is C14H11F3O. The molecule has 0 radical (unpaired) electrons. The summed E-state index contributed by atoms with van der Waals surface area (Å²) in [5, 5.41) is 10.0. The van der Waals surface area contributed by atoms with Crippen LogP contribution in [0, 0.1) is 24.4 Å². The van der Waals surface area contributed by atoms with E-state index in [4.69, 9.17) is 0 Å². The molecule has 0 aliphatic carbocycles. The molecule has 0 bridgehead atoms. The largest absolute Gasteiger partial charge is 0.384 e. The van der Waals surface area contributed by atoms with Crippen LogP contribution in [-0.2, 0) is 0 Å². The predicted octanol–water partition coefficient (Wildman–Crippen LogP) is 3.49. The fourth-order valence-corrected chi connectivity index (χ4v) is 1.84. The summed E-state index contributed by atoms with van der Waals surface area (Å²) in [4.78, 5) is 0. The lowest BCUT2D eigenvalue weighted by molar-refractivity contribution is 0.213. The molecular weight excluding hydrogens is 241 g/mol. The molecule has 1 unspecified atom stereocenters. The summed E-state index contributed by atoms with van der Waals surface area (Å²) < 4.78 is 39.5. The van der Waals surface area contributed by atoms with E-state index in [0.29, 0.717) is 11.1 Å². The smallest absolute Gasteiger partial charge is 0.129 e. The minimum atomic E-state index is -1.32. The summed E-state index contributed by atoms with van der Waals surface area (Å²) in [6, 6.07) is 6.62. The second kappa shape index (κ2) is 4.82. The van der Waals surface area contributed by atoms with Gasteiger partial charge in [0.15, 0.2) is 0 Å². The van der Waals surface area contributed by atoms with E-state index >= 15 is 0 Å². The van der Waals surface area contributed by atoms with Crippen molar-refractivity contribution in [1.29, 1.82) is 0 Å². The van der Waals surface area contributed by atoms with Crippen molar-refractivity contribution in [2.75, 3.05) is 0 Å². The third kappa shape index (κ3) is 2.38. The van der Waals surface area contributed by atoms with Crippen LogP contribution >= 0.6 is 0 Å². The highest BCUT2D eigenvalue weighted by Gasteiger charge is 2.17. The lowest BCUT2D eigenvalue weighted by Gasteiger charge is -2.15. The molecule has 0 aromatic heterocycles. The van der Waals surface area contributed by atoms with Gasteiger partial charge in [-0.15, -0.1) is 0 Å². The molecule has 1 nitrogen and oxygen atoms in total. The third-order valence-corrected chi connectivity index (χ3v) is 2.78. The van der Waals surface area contributed by atoms with Crippen LogP contribution in [0.2, 0.25) is 0 Å². The van der Waals surface area contributed by atoms with Crippen molar-refractivity contribution in [3.63, 3.8) is 0 Å². The van der Waals surface area contributed by atoms with Gasteiger partial charge in [-0.3, -0.25) is 0 Å². The van der Waals surface area contributed by atoms with Crippen LogP contribution in [0.15, 0.2) is 36.4 Å². The van der Waals surface area contributed by atoms with Crippen molar-refractivity contribution < 1.29 is 18.3 Å². The van der Waals surface area contributed by atoms with Crippen LogP contribution in [0.3, 0.4) is 0 Å². The SMILES string of the molecule is Cc1cc(F)ccc1C(O)c1cc(F)ccc1F. The molecule has 1 N–H and O–H groups in total. The number of aliphatic hydroxyl groups excluding tert-OH is 1. The Morgan fingerprint density at radius 2 is 1.50 bits per heavy atom. The average Bonchev–Trinajstić information content (AvgIpc) is 2.31. The first kappa shape index (κ1) is 12.6. The lowest BCUT2D eigenvalue weighted by atomic mass is 9.97. The summed E-state index contributed by atoms with van der Waals surface area (Å²) in [6.07, 6.45) is -1.32. The zero-order valence-electron chi connectivity index (χ0n) is 9.62. The zero-order chi connectivity index (χ0) is 13.3. The van der Waals surface area contributed by atoms with Gasteiger partial charge in [-0.2, -0.15) is 0 Å². The van der Waals surface area contributed by atoms with Crippen molar-refractivity contribution in [2.45, 2.75) is 13.0 Å². The minimum absolute atomic E-state index is 0.162. The molecule has 0 aliphatic heterocycles. The monoisotopic (exact) mass is 252 g/mol. The summed E-state index contributed by atoms with van der Waals surface area (Å²) in [7, 11) is 0. The topological polar surface area (TPSA) is 20.2 Å². The highest BCUT2D eigenvalue weighted by molar-refractivity contribution is 5.36. The molecule has 2 aromatic carbocycles. The molecule has 0 spiro atoms. The number of hydrogen-bond acceptors (Lipinski definition) is 1. The fraction of sp³-hybridized carbons (Fsp3) is 0.143. The number of aliphatic hydroxyl groups is 1. The van der Waals surface area contributed by atoms with Crippen molar-refractivity contribution in [3.05, 3.63) is 70.5 Å². The molecule has 0 heterocycles. The van der Waals surface area contributed by atoms with E-state index in [9.17, 15) is 18.3 Å². The predicted molar refractivity (Wildman–Crippen MR) is 61.6 cm³/mol. The van der Waals surface area contributed by atoms with Crippen LogP contribution in [0.25, 0.3) is 0 Å². The van der Waals surface area contributed by atoms with Crippen LogP contribution in [0.4, 0.5) is 13.2 Å². The summed E-state index contributed by atoms with van der Waals surface area (Å²) in [6.45, 7) is 1.60. The third-order valence-electron chi connectivity index (χ3n) is 2.78. The highest BCUT2D eigenvalue weighted by atomic mass is 19.1. The van der Waals surface area contributed by atoms with Crippen LogP contribution < -0.4 is 0 Å². The fourth-order valence-electron chi connectivity index (χ4n) is 1.84. The van der Waals surface area contributed by atoms with Crippen molar-refractivity contribution in [3.8, 4) is 0 Å².